The van der Waals surface area contributed by atoms with Gasteiger partial charge in [-0.05, 0) is 39.7 Å². The van der Waals surface area contributed by atoms with Crippen LogP contribution in [0.15, 0.2) is 40.9 Å². The van der Waals surface area contributed by atoms with Crippen LogP contribution < -0.4 is 10.1 Å². The number of rotatable bonds is 6. The SMILES string of the molecule is C[C@H](O)CNCCOc1ccc2ccccc2c1Br. The topological polar surface area (TPSA) is 41.5 Å². The molecule has 0 aromatic heterocycles. The molecule has 0 spiro atoms. The summed E-state index contributed by atoms with van der Waals surface area (Å²) < 4.78 is 6.72. The van der Waals surface area contributed by atoms with Gasteiger partial charge in [-0.1, -0.05) is 30.3 Å². The Morgan fingerprint density at radius 3 is 2.84 bits per heavy atom. The lowest BCUT2D eigenvalue weighted by Gasteiger charge is -2.11. The molecule has 0 unspecified atom stereocenters. The van der Waals surface area contributed by atoms with Crippen LogP contribution in [0.3, 0.4) is 0 Å². The highest BCUT2D eigenvalue weighted by Gasteiger charge is 2.05. The molecule has 0 aliphatic carbocycles. The minimum absolute atomic E-state index is 0.326. The summed E-state index contributed by atoms with van der Waals surface area (Å²) in [6.45, 7) is 3.63. The molecule has 0 heterocycles. The Hall–Kier alpha value is -1.10. The van der Waals surface area contributed by atoms with Crippen molar-refractivity contribution < 1.29 is 9.84 Å². The second-order valence-electron chi connectivity index (χ2n) is 4.50. The van der Waals surface area contributed by atoms with E-state index >= 15 is 0 Å². The molecule has 0 bridgehead atoms. The minimum atomic E-state index is -0.326. The Balaban J connectivity index is 1.96. The Bertz CT molecular complexity index is 543. The maximum atomic E-state index is 9.12. The van der Waals surface area contributed by atoms with E-state index in [9.17, 15) is 0 Å². The first-order chi connectivity index (χ1) is 9.18. The van der Waals surface area contributed by atoms with Crippen LogP contribution >= 0.6 is 15.9 Å². The zero-order chi connectivity index (χ0) is 13.7. The summed E-state index contributed by atoms with van der Waals surface area (Å²) in [6.07, 6.45) is -0.326. The van der Waals surface area contributed by atoms with Gasteiger partial charge in [-0.2, -0.15) is 0 Å². The molecule has 4 heteroatoms. The summed E-state index contributed by atoms with van der Waals surface area (Å²) in [6, 6.07) is 12.2. The zero-order valence-electron chi connectivity index (χ0n) is 10.9. The molecule has 19 heavy (non-hydrogen) atoms. The van der Waals surface area contributed by atoms with Crippen molar-refractivity contribution in [3.63, 3.8) is 0 Å². The number of benzene rings is 2. The van der Waals surface area contributed by atoms with Crippen molar-refractivity contribution in [2.24, 2.45) is 0 Å². The van der Waals surface area contributed by atoms with Crippen LogP contribution in [0.4, 0.5) is 0 Å². The van der Waals surface area contributed by atoms with E-state index in [-0.39, 0.29) is 6.10 Å². The molecule has 0 radical (unpaired) electrons. The Labute approximate surface area is 121 Å². The van der Waals surface area contributed by atoms with Crippen LogP contribution in [-0.4, -0.2) is 30.9 Å². The van der Waals surface area contributed by atoms with Crippen molar-refractivity contribution in [1.82, 2.24) is 5.32 Å². The normalized spacial score (nSPS) is 12.6. The Kier molecular flexibility index (Phi) is 5.19. The maximum absolute atomic E-state index is 9.12. The molecule has 2 rings (SSSR count). The lowest BCUT2D eigenvalue weighted by molar-refractivity contribution is 0.188. The van der Waals surface area contributed by atoms with Gasteiger partial charge in [0.1, 0.15) is 12.4 Å². The van der Waals surface area contributed by atoms with E-state index < -0.39 is 0 Å². The third-order valence-corrected chi connectivity index (χ3v) is 3.62. The molecule has 0 fully saturated rings. The van der Waals surface area contributed by atoms with Crippen molar-refractivity contribution in [2.75, 3.05) is 19.7 Å². The summed E-state index contributed by atoms with van der Waals surface area (Å²) >= 11 is 3.59. The number of hydrogen-bond acceptors (Lipinski definition) is 3. The lowest BCUT2D eigenvalue weighted by Crippen LogP contribution is -2.28. The molecular formula is C15H18BrNO2. The van der Waals surface area contributed by atoms with Crippen LogP contribution in [0.2, 0.25) is 0 Å². The van der Waals surface area contributed by atoms with Gasteiger partial charge in [0, 0.05) is 13.1 Å². The molecule has 0 aliphatic rings. The van der Waals surface area contributed by atoms with Gasteiger partial charge in [0.25, 0.3) is 0 Å². The van der Waals surface area contributed by atoms with Gasteiger partial charge < -0.3 is 15.2 Å². The van der Waals surface area contributed by atoms with Gasteiger partial charge >= 0.3 is 0 Å². The van der Waals surface area contributed by atoms with Crippen LogP contribution in [0.25, 0.3) is 10.8 Å². The number of nitrogens with one attached hydrogen (secondary N) is 1. The van der Waals surface area contributed by atoms with E-state index in [1.807, 2.05) is 18.2 Å². The van der Waals surface area contributed by atoms with Crippen LogP contribution in [0, 0.1) is 0 Å². The predicted molar refractivity (Wildman–Crippen MR) is 81.7 cm³/mol. The van der Waals surface area contributed by atoms with Crippen molar-refractivity contribution in [3.05, 3.63) is 40.9 Å². The highest BCUT2D eigenvalue weighted by Crippen LogP contribution is 2.32. The molecule has 102 valence electrons. The fraction of sp³-hybridized carbons (Fsp3) is 0.333. The van der Waals surface area contributed by atoms with Crippen molar-refractivity contribution in [2.45, 2.75) is 13.0 Å². The Morgan fingerprint density at radius 1 is 1.26 bits per heavy atom. The van der Waals surface area contributed by atoms with Crippen molar-refractivity contribution in [1.29, 1.82) is 0 Å². The fourth-order valence-corrected chi connectivity index (χ4v) is 2.48. The summed E-state index contributed by atoms with van der Waals surface area (Å²) in [5.41, 5.74) is 0. The molecule has 2 aromatic rings. The molecule has 0 saturated heterocycles. The number of fused-ring (bicyclic) bond motifs is 1. The van der Waals surface area contributed by atoms with Crippen LogP contribution in [0.5, 0.6) is 5.75 Å². The quantitative estimate of drug-likeness (QED) is 0.803. The Morgan fingerprint density at radius 2 is 2.05 bits per heavy atom. The highest BCUT2D eigenvalue weighted by molar-refractivity contribution is 9.10. The van der Waals surface area contributed by atoms with Crippen LogP contribution in [-0.2, 0) is 0 Å². The second-order valence-corrected chi connectivity index (χ2v) is 5.29. The molecule has 1 atom stereocenters. The smallest absolute Gasteiger partial charge is 0.134 e. The highest BCUT2D eigenvalue weighted by atomic mass is 79.9. The van der Waals surface area contributed by atoms with Crippen molar-refractivity contribution >= 4 is 26.7 Å². The van der Waals surface area contributed by atoms with E-state index in [4.69, 9.17) is 9.84 Å². The summed E-state index contributed by atoms with van der Waals surface area (Å²) in [5.74, 6) is 0.845. The summed E-state index contributed by atoms with van der Waals surface area (Å²) in [4.78, 5) is 0. The van der Waals surface area contributed by atoms with Gasteiger partial charge in [-0.3, -0.25) is 0 Å². The molecule has 3 nitrogen and oxygen atoms in total. The first-order valence-corrected chi connectivity index (χ1v) is 7.16. The summed E-state index contributed by atoms with van der Waals surface area (Å²) in [5, 5.41) is 14.6. The third kappa shape index (κ3) is 3.93. The molecular weight excluding hydrogens is 306 g/mol. The monoisotopic (exact) mass is 323 g/mol. The largest absolute Gasteiger partial charge is 0.491 e. The third-order valence-electron chi connectivity index (χ3n) is 2.80. The zero-order valence-corrected chi connectivity index (χ0v) is 12.5. The molecule has 0 amide bonds. The number of halogens is 1. The number of aliphatic hydroxyl groups excluding tert-OH is 1. The van der Waals surface area contributed by atoms with Gasteiger partial charge in [0.15, 0.2) is 0 Å². The first-order valence-electron chi connectivity index (χ1n) is 6.37. The molecule has 2 aromatic carbocycles. The second kappa shape index (κ2) is 6.89. The predicted octanol–water partition coefficient (Wildman–Crippen LogP) is 2.95. The van der Waals surface area contributed by atoms with Crippen molar-refractivity contribution in [3.8, 4) is 5.75 Å². The van der Waals surface area contributed by atoms with E-state index in [2.05, 4.69) is 39.4 Å². The van der Waals surface area contributed by atoms with Gasteiger partial charge in [-0.25, -0.2) is 0 Å². The first kappa shape index (κ1) is 14.3. The number of aliphatic hydroxyl groups is 1. The van der Waals surface area contributed by atoms with Gasteiger partial charge in [-0.15, -0.1) is 0 Å². The average Bonchev–Trinajstić information content (AvgIpc) is 2.41. The number of ether oxygens (including phenoxy) is 1. The van der Waals surface area contributed by atoms with Gasteiger partial charge in [0.2, 0.25) is 0 Å². The molecule has 0 aliphatic heterocycles. The van der Waals surface area contributed by atoms with E-state index in [1.54, 1.807) is 6.92 Å². The minimum Gasteiger partial charge on any atom is -0.491 e. The van der Waals surface area contributed by atoms with E-state index in [0.29, 0.717) is 19.7 Å². The van der Waals surface area contributed by atoms with Crippen LogP contribution in [0.1, 0.15) is 6.92 Å². The summed E-state index contributed by atoms with van der Waals surface area (Å²) in [7, 11) is 0. The molecule has 0 saturated carbocycles. The van der Waals surface area contributed by atoms with Gasteiger partial charge in [0.05, 0.1) is 10.6 Å². The number of hydrogen-bond donors (Lipinski definition) is 2. The fourth-order valence-electron chi connectivity index (χ4n) is 1.87. The molecule has 2 N–H and O–H groups in total. The maximum Gasteiger partial charge on any atom is 0.134 e. The average molecular weight is 324 g/mol. The van der Waals surface area contributed by atoms with E-state index in [1.165, 1.54) is 5.39 Å². The van der Waals surface area contributed by atoms with E-state index in [0.717, 1.165) is 15.6 Å². The lowest BCUT2D eigenvalue weighted by atomic mass is 10.1. The standard InChI is InChI=1S/C15H18BrNO2/c1-11(18)10-17-8-9-19-14-7-6-12-4-2-3-5-13(12)15(14)16/h2-7,11,17-18H,8-10H2,1H3/t11-/m0/s1.